The summed E-state index contributed by atoms with van der Waals surface area (Å²) in [5.74, 6) is 0. The highest BCUT2D eigenvalue weighted by Crippen LogP contribution is 2.24. The predicted octanol–water partition coefficient (Wildman–Crippen LogP) is 2.10. The number of ether oxygens (including phenoxy) is 1. The molecule has 0 aliphatic carbocycles. The second-order valence-corrected chi connectivity index (χ2v) is 3.34. The molecule has 0 unspecified atom stereocenters. The Hall–Kier alpha value is -0.380. The Morgan fingerprint density at radius 1 is 1.50 bits per heavy atom. The maximum atomic E-state index is 5.54. The SMILES string of the molecule is CO[C@@H](CN)c1ccccc1Br. The molecule has 2 N–H and O–H groups in total. The molecule has 0 saturated carbocycles. The molecule has 12 heavy (non-hydrogen) atoms. The van der Waals surface area contributed by atoms with E-state index in [-0.39, 0.29) is 6.10 Å². The number of halogens is 1. The van der Waals surface area contributed by atoms with Gasteiger partial charge in [0.25, 0.3) is 0 Å². The van der Waals surface area contributed by atoms with Crippen LogP contribution in [0, 0.1) is 0 Å². The molecular formula is C9H12BrNO. The summed E-state index contributed by atoms with van der Waals surface area (Å²) >= 11 is 3.44. The lowest BCUT2D eigenvalue weighted by atomic mass is 10.1. The summed E-state index contributed by atoms with van der Waals surface area (Å²) in [5, 5.41) is 0. The van der Waals surface area contributed by atoms with Crippen molar-refractivity contribution >= 4 is 15.9 Å². The fourth-order valence-corrected chi connectivity index (χ4v) is 1.63. The van der Waals surface area contributed by atoms with Gasteiger partial charge < -0.3 is 10.5 Å². The molecule has 0 spiro atoms. The van der Waals surface area contributed by atoms with Gasteiger partial charge in [-0.1, -0.05) is 34.1 Å². The molecule has 2 nitrogen and oxygen atoms in total. The molecule has 1 aromatic carbocycles. The third-order valence-corrected chi connectivity index (χ3v) is 2.47. The van der Waals surface area contributed by atoms with Crippen LogP contribution in [0.1, 0.15) is 11.7 Å². The first kappa shape index (κ1) is 9.71. The van der Waals surface area contributed by atoms with Crippen molar-refractivity contribution in [3.05, 3.63) is 34.3 Å². The molecule has 0 aromatic heterocycles. The van der Waals surface area contributed by atoms with Crippen molar-refractivity contribution in [1.29, 1.82) is 0 Å². The minimum atomic E-state index is -0.0134. The molecule has 0 heterocycles. The van der Waals surface area contributed by atoms with Gasteiger partial charge in [-0.05, 0) is 11.6 Å². The van der Waals surface area contributed by atoms with Crippen molar-refractivity contribution in [3.63, 3.8) is 0 Å². The quantitative estimate of drug-likeness (QED) is 0.862. The van der Waals surface area contributed by atoms with Crippen molar-refractivity contribution in [2.45, 2.75) is 6.10 Å². The number of nitrogens with two attached hydrogens (primary N) is 1. The average molecular weight is 230 g/mol. The van der Waals surface area contributed by atoms with Gasteiger partial charge in [0.05, 0.1) is 6.10 Å². The maximum Gasteiger partial charge on any atom is 0.0954 e. The summed E-state index contributed by atoms with van der Waals surface area (Å²) in [4.78, 5) is 0. The molecule has 0 bridgehead atoms. The summed E-state index contributed by atoms with van der Waals surface area (Å²) in [6, 6.07) is 7.93. The van der Waals surface area contributed by atoms with Crippen molar-refractivity contribution < 1.29 is 4.74 Å². The third-order valence-electron chi connectivity index (χ3n) is 1.75. The van der Waals surface area contributed by atoms with Crippen molar-refractivity contribution in [3.8, 4) is 0 Å². The number of hydrogen-bond acceptors (Lipinski definition) is 2. The molecule has 1 rings (SSSR count). The van der Waals surface area contributed by atoms with Crippen LogP contribution in [0.3, 0.4) is 0 Å². The first-order valence-corrected chi connectivity index (χ1v) is 4.56. The third kappa shape index (κ3) is 2.06. The summed E-state index contributed by atoms with van der Waals surface area (Å²) in [6.07, 6.45) is -0.0134. The molecule has 0 amide bonds. The zero-order chi connectivity index (χ0) is 8.97. The Bertz CT molecular complexity index is 248. The molecule has 1 aromatic rings. The number of benzene rings is 1. The molecule has 0 aliphatic heterocycles. The van der Waals surface area contributed by atoms with Gasteiger partial charge in [0.1, 0.15) is 0 Å². The van der Waals surface area contributed by atoms with E-state index >= 15 is 0 Å². The van der Waals surface area contributed by atoms with E-state index in [4.69, 9.17) is 10.5 Å². The van der Waals surface area contributed by atoms with Crippen LogP contribution in [0.2, 0.25) is 0 Å². The van der Waals surface area contributed by atoms with E-state index in [0.29, 0.717) is 6.54 Å². The summed E-state index contributed by atoms with van der Waals surface area (Å²) in [6.45, 7) is 0.499. The minimum absolute atomic E-state index is 0.0134. The van der Waals surface area contributed by atoms with Gasteiger partial charge in [-0.2, -0.15) is 0 Å². The lowest BCUT2D eigenvalue weighted by molar-refractivity contribution is 0.110. The summed E-state index contributed by atoms with van der Waals surface area (Å²) < 4.78 is 6.26. The average Bonchev–Trinajstić information content (AvgIpc) is 2.10. The molecule has 66 valence electrons. The zero-order valence-corrected chi connectivity index (χ0v) is 8.54. The Labute approximate surface area is 80.8 Å². The van der Waals surface area contributed by atoms with Crippen molar-refractivity contribution in [1.82, 2.24) is 0 Å². The number of hydrogen-bond donors (Lipinski definition) is 1. The van der Waals surface area contributed by atoms with Gasteiger partial charge in [0.15, 0.2) is 0 Å². The van der Waals surface area contributed by atoms with E-state index in [1.807, 2.05) is 24.3 Å². The molecule has 1 atom stereocenters. The van der Waals surface area contributed by atoms with Crippen LogP contribution in [-0.4, -0.2) is 13.7 Å². The van der Waals surface area contributed by atoms with Crippen molar-refractivity contribution in [2.24, 2.45) is 5.73 Å². The van der Waals surface area contributed by atoms with Gasteiger partial charge in [-0.3, -0.25) is 0 Å². The topological polar surface area (TPSA) is 35.2 Å². The van der Waals surface area contributed by atoms with E-state index in [2.05, 4.69) is 15.9 Å². The maximum absolute atomic E-state index is 5.54. The van der Waals surface area contributed by atoms with E-state index in [1.54, 1.807) is 7.11 Å². The van der Waals surface area contributed by atoms with Gasteiger partial charge in [-0.15, -0.1) is 0 Å². The van der Waals surface area contributed by atoms with Crippen LogP contribution in [-0.2, 0) is 4.74 Å². The highest BCUT2D eigenvalue weighted by Gasteiger charge is 2.10. The van der Waals surface area contributed by atoms with Crippen LogP contribution >= 0.6 is 15.9 Å². The number of rotatable bonds is 3. The largest absolute Gasteiger partial charge is 0.375 e. The standard InChI is InChI=1S/C9H12BrNO/c1-12-9(6-11)7-4-2-3-5-8(7)10/h2-5,9H,6,11H2,1H3/t9-/m0/s1. The molecular weight excluding hydrogens is 218 g/mol. The molecule has 0 fully saturated rings. The Kier molecular flexibility index (Phi) is 3.72. The van der Waals surface area contributed by atoms with Crippen molar-refractivity contribution in [2.75, 3.05) is 13.7 Å². The smallest absolute Gasteiger partial charge is 0.0954 e. The molecule has 0 radical (unpaired) electrons. The first-order valence-electron chi connectivity index (χ1n) is 3.77. The Morgan fingerprint density at radius 3 is 2.67 bits per heavy atom. The first-order chi connectivity index (χ1) is 5.79. The van der Waals surface area contributed by atoms with Crippen LogP contribution in [0.5, 0.6) is 0 Å². The Balaban J connectivity index is 2.92. The second-order valence-electron chi connectivity index (χ2n) is 2.48. The zero-order valence-electron chi connectivity index (χ0n) is 6.96. The normalized spacial score (nSPS) is 12.9. The number of methoxy groups -OCH3 is 1. The fourth-order valence-electron chi connectivity index (χ4n) is 1.09. The van der Waals surface area contributed by atoms with E-state index in [0.717, 1.165) is 10.0 Å². The lowest BCUT2D eigenvalue weighted by Crippen LogP contribution is -2.14. The van der Waals surface area contributed by atoms with E-state index in [1.165, 1.54) is 0 Å². The molecule has 0 aliphatic rings. The molecule has 3 heteroatoms. The van der Waals surface area contributed by atoms with Crippen LogP contribution in [0.4, 0.5) is 0 Å². The second kappa shape index (κ2) is 4.60. The predicted molar refractivity (Wildman–Crippen MR) is 52.9 cm³/mol. The minimum Gasteiger partial charge on any atom is -0.375 e. The van der Waals surface area contributed by atoms with Gasteiger partial charge >= 0.3 is 0 Å². The van der Waals surface area contributed by atoms with E-state index in [9.17, 15) is 0 Å². The van der Waals surface area contributed by atoms with Crippen LogP contribution in [0.15, 0.2) is 28.7 Å². The van der Waals surface area contributed by atoms with Crippen LogP contribution < -0.4 is 5.73 Å². The van der Waals surface area contributed by atoms with Gasteiger partial charge in [-0.25, -0.2) is 0 Å². The van der Waals surface area contributed by atoms with Crippen LogP contribution in [0.25, 0.3) is 0 Å². The highest BCUT2D eigenvalue weighted by atomic mass is 79.9. The fraction of sp³-hybridized carbons (Fsp3) is 0.333. The summed E-state index contributed by atoms with van der Waals surface area (Å²) in [5.41, 5.74) is 6.64. The lowest BCUT2D eigenvalue weighted by Gasteiger charge is -2.14. The monoisotopic (exact) mass is 229 g/mol. The highest BCUT2D eigenvalue weighted by molar-refractivity contribution is 9.10. The summed E-state index contributed by atoms with van der Waals surface area (Å²) in [7, 11) is 1.66. The van der Waals surface area contributed by atoms with Gasteiger partial charge in [0, 0.05) is 18.1 Å². The Morgan fingerprint density at radius 2 is 2.17 bits per heavy atom. The van der Waals surface area contributed by atoms with E-state index < -0.39 is 0 Å². The molecule has 0 saturated heterocycles. The van der Waals surface area contributed by atoms with Gasteiger partial charge in [0.2, 0.25) is 0 Å².